The molecule has 0 amide bonds. The molecule has 0 radical (unpaired) electrons. The van der Waals surface area contributed by atoms with Gasteiger partial charge in [-0.05, 0) is 104 Å². The van der Waals surface area contributed by atoms with E-state index in [2.05, 4.69) is 99.0 Å². The highest BCUT2D eigenvalue weighted by Crippen LogP contribution is 2.37. The van der Waals surface area contributed by atoms with Crippen LogP contribution in [-0.2, 0) is 12.8 Å². The summed E-state index contributed by atoms with van der Waals surface area (Å²) < 4.78 is 0. The van der Waals surface area contributed by atoms with Gasteiger partial charge in [-0.3, -0.25) is 0 Å². The van der Waals surface area contributed by atoms with Crippen molar-refractivity contribution < 1.29 is 4.79 Å². The Labute approximate surface area is 360 Å². The van der Waals surface area contributed by atoms with Gasteiger partial charge in [-0.1, -0.05) is 236 Å². The molecule has 0 saturated heterocycles. The quantitative estimate of drug-likeness (QED) is 0.0162. The molecular formula is C56H90N2. The lowest BCUT2D eigenvalue weighted by molar-refractivity contribution is 0.00739. The molecule has 0 spiro atoms. The number of benzene rings is 2. The first-order valence-electron chi connectivity index (χ1n) is 25.2. The molecule has 0 heterocycles. The van der Waals surface area contributed by atoms with Crippen molar-refractivity contribution in [3.05, 3.63) is 99.6 Å². The highest BCUT2D eigenvalue weighted by atomic mass is 14.8. The van der Waals surface area contributed by atoms with Gasteiger partial charge < -0.3 is 5.53 Å². The Balaban J connectivity index is 2.03. The summed E-state index contributed by atoms with van der Waals surface area (Å²) in [4.78, 5) is 3.55. The minimum Gasteiger partial charge on any atom is -0.348 e. The standard InChI is InChI=1S/C56H90N2/c1-5-9-13-15-17-18-19-20-21-22-23-24-25-26-27-28-29-30-31-32-35-40-51-41-37-38-44-54(51)56(52-47-45-50(46-48-52)39-12-8-4)55(43-36-33-16-14-10-6-2)53(49-58-57)42-34-11-7-3/h30-31,37-38,41,44-48H,5-29,32-36,39-40,42-43H2,1-4H3. The van der Waals surface area contributed by atoms with Crippen molar-refractivity contribution in [3.8, 4) is 0 Å². The Morgan fingerprint density at radius 1 is 0.483 bits per heavy atom. The molecule has 2 rings (SSSR count). The Morgan fingerprint density at radius 2 is 0.948 bits per heavy atom. The van der Waals surface area contributed by atoms with E-state index in [1.165, 1.54) is 200 Å². The fraction of sp³-hybridized carbons (Fsp3) is 0.679. The molecule has 0 atom stereocenters. The number of nitrogens with zero attached hydrogens (tertiary/aromatic N) is 2. The second-order valence-corrected chi connectivity index (χ2v) is 17.4. The van der Waals surface area contributed by atoms with Gasteiger partial charge in [-0.15, -0.1) is 4.79 Å². The van der Waals surface area contributed by atoms with Crippen LogP contribution < -0.4 is 0 Å². The van der Waals surface area contributed by atoms with E-state index >= 15 is 0 Å². The fourth-order valence-electron chi connectivity index (χ4n) is 8.55. The third-order valence-corrected chi connectivity index (χ3v) is 12.2. The first-order chi connectivity index (χ1) is 28.7. The van der Waals surface area contributed by atoms with Crippen molar-refractivity contribution in [1.29, 1.82) is 0 Å². The van der Waals surface area contributed by atoms with Gasteiger partial charge in [0.25, 0.3) is 0 Å². The number of rotatable bonds is 38. The zero-order valence-electron chi connectivity index (χ0n) is 38.7. The molecule has 0 saturated carbocycles. The Morgan fingerprint density at radius 3 is 1.50 bits per heavy atom. The molecule has 0 aliphatic heterocycles. The van der Waals surface area contributed by atoms with Crippen LogP contribution in [0.25, 0.3) is 11.1 Å². The normalized spacial score (nSPS) is 11.9. The topological polar surface area (TPSA) is 36.4 Å². The van der Waals surface area contributed by atoms with Crippen LogP contribution in [0.5, 0.6) is 0 Å². The summed E-state index contributed by atoms with van der Waals surface area (Å²) in [6.07, 6.45) is 48.7. The van der Waals surface area contributed by atoms with E-state index in [4.69, 9.17) is 0 Å². The molecule has 2 nitrogen and oxygen atoms in total. The summed E-state index contributed by atoms with van der Waals surface area (Å²) in [5.41, 5.74) is 19.1. The summed E-state index contributed by atoms with van der Waals surface area (Å²) in [7, 11) is 0. The Bertz CT molecular complexity index is 1410. The highest BCUT2D eigenvalue weighted by Gasteiger charge is 2.20. The smallest absolute Gasteiger partial charge is 0.303 e. The molecule has 0 aliphatic carbocycles. The Hall–Kier alpha value is -2.92. The van der Waals surface area contributed by atoms with Crippen LogP contribution in [0.2, 0.25) is 0 Å². The van der Waals surface area contributed by atoms with E-state index in [1.807, 2.05) is 0 Å². The van der Waals surface area contributed by atoms with Gasteiger partial charge in [0.2, 0.25) is 0 Å². The van der Waals surface area contributed by atoms with Gasteiger partial charge in [0, 0.05) is 0 Å². The monoisotopic (exact) mass is 791 g/mol. The molecule has 2 aromatic carbocycles. The fourth-order valence-corrected chi connectivity index (χ4v) is 8.55. The molecule has 0 N–H and O–H groups in total. The first-order valence-corrected chi connectivity index (χ1v) is 25.2. The maximum Gasteiger partial charge on any atom is 0.303 e. The van der Waals surface area contributed by atoms with Crippen molar-refractivity contribution >= 4 is 11.4 Å². The molecule has 0 aromatic heterocycles. The highest BCUT2D eigenvalue weighted by molar-refractivity contribution is 5.88. The largest absolute Gasteiger partial charge is 0.348 e. The van der Waals surface area contributed by atoms with Crippen LogP contribution in [0, 0.1) is 0 Å². The molecule has 2 heteroatoms. The summed E-state index contributed by atoms with van der Waals surface area (Å²) in [6.45, 7) is 9.12. The molecule has 0 unspecified atom stereocenters. The number of allylic oxidation sites excluding steroid dienone is 4. The van der Waals surface area contributed by atoms with Crippen molar-refractivity contribution in [2.45, 2.75) is 246 Å². The van der Waals surface area contributed by atoms with Crippen molar-refractivity contribution in [1.82, 2.24) is 0 Å². The first kappa shape index (κ1) is 51.2. The summed E-state index contributed by atoms with van der Waals surface area (Å²) in [6, 6.07) is 18.6. The number of unbranched alkanes of at least 4 members (excludes halogenated alkanes) is 25. The lowest BCUT2D eigenvalue weighted by Crippen LogP contribution is -2.04. The van der Waals surface area contributed by atoms with Crippen LogP contribution in [-0.4, -0.2) is 10.7 Å². The number of hydrogen-bond acceptors (Lipinski definition) is 0. The predicted octanol–water partition coefficient (Wildman–Crippen LogP) is 18.5. The van der Waals surface area contributed by atoms with Crippen molar-refractivity contribution in [3.63, 3.8) is 0 Å². The summed E-state index contributed by atoms with van der Waals surface area (Å²) in [5.74, 6) is 3.12. The van der Waals surface area contributed by atoms with Gasteiger partial charge in [0.15, 0.2) is 0 Å². The lowest BCUT2D eigenvalue weighted by Gasteiger charge is -2.20. The van der Waals surface area contributed by atoms with E-state index in [-0.39, 0.29) is 0 Å². The van der Waals surface area contributed by atoms with Gasteiger partial charge in [-0.25, -0.2) is 0 Å². The third-order valence-electron chi connectivity index (χ3n) is 12.2. The minimum atomic E-state index is 0.896. The van der Waals surface area contributed by atoms with E-state index in [1.54, 1.807) is 0 Å². The second kappa shape index (κ2) is 37.1. The van der Waals surface area contributed by atoms with Crippen LogP contribution in [0.3, 0.4) is 0 Å². The number of hydrogen-bond donors (Lipinski definition) is 0. The van der Waals surface area contributed by atoms with Crippen molar-refractivity contribution in [2.24, 2.45) is 0 Å². The molecule has 324 valence electrons. The number of aryl methyl sites for hydroxylation is 2. The zero-order valence-corrected chi connectivity index (χ0v) is 38.7. The van der Waals surface area contributed by atoms with E-state index in [0.29, 0.717) is 0 Å². The summed E-state index contributed by atoms with van der Waals surface area (Å²) >= 11 is 0. The van der Waals surface area contributed by atoms with Crippen LogP contribution >= 0.6 is 0 Å². The SMILES string of the molecule is CCCCCCCCCCCCCCCCCCC=CCCCc1ccccc1C(=C(CCCCCCCC)C(=C=[N+]=[N-])CCCCC)c1ccc(CCCC)cc1. The average molecular weight is 791 g/mol. The minimum absolute atomic E-state index is 0.896. The molecule has 0 aliphatic rings. The Kier molecular flexibility index (Phi) is 32.8. The van der Waals surface area contributed by atoms with Gasteiger partial charge in [0.05, 0.1) is 5.57 Å². The van der Waals surface area contributed by atoms with E-state index in [9.17, 15) is 5.53 Å². The molecule has 0 fully saturated rings. The van der Waals surface area contributed by atoms with Crippen molar-refractivity contribution in [2.75, 3.05) is 0 Å². The second-order valence-electron chi connectivity index (χ2n) is 17.4. The maximum atomic E-state index is 9.91. The van der Waals surface area contributed by atoms with Gasteiger partial charge in [0.1, 0.15) is 0 Å². The lowest BCUT2D eigenvalue weighted by atomic mass is 9.82. The summed E-state index contributed by atoms with van der Waals surface area (Å²) in [5, 5.41) is 0. The zero-order chi connectivity index (χ0) is 41.6. The van der Waals surface area contributed by atoms with Crippen LogP contribution in [0.15, 0.2) is 71.8 Å². The van der Waals surface area contributed by atoms with Gasteiger partial charge in [-0.2, -0.15) is 0 Å². The molecule has 2 aromatic rings. The van der Waals surface area contributed by atoms with Gasteiger partial charge >= 0.3 is 5.87 Å². The molecule has 58 heavy (non-hydrogen) atoms. The van der Waals surface area contributed by atoms with Crippen LogP contribution in [0.1, 0.15) is 255 Å². The average Bonchev–Trinajstić information content (AvgIpc) is 3.24. The molecule has 0 bridgehead atoms. The van der Waals surface area contributed by atoms with E-state index < -0.39 is 0 Å². The third kappa shape index (κ3) is 24.2. The predicted molar refractivity (Wildman–Crippen MR) is 258 cm³/mol. The molecular weight excluding hydrogens is 701 g/mol. The maximum absolute atomic E-state index is 9.91. The van der Waals surface area contributed by atoms with E-state index in [0.717, 1.165) is 56.9 Å². The van der Waals surface area contributed by atoms with Crippen LogP contribution in [0.4, 0.5) is 0 Å².